The van der Waals surface area contributed by atoms with Gasteiger partial charge in [0.15, 0.2) is 5.82 Å². The maximum absolute atomic E-state index is 10.9. The lowest BCUT2D eigenvalue weighted by Gasteiger charge is -1.84. The fraction of sp³-hybridized carbons (Fsp3) is 0. The molecule has 0 saturated heterocycles. The molecule has 2 heterocycles. The van der Waals surface area contributed by atoms with Crippen molar-refractivity contribution < 1.29 is 8.42 Å². The molecular formula is C6H4ClN3O2S2. The molecule has 0 aliphatic rings. The third kappa shape index (κ3) is 1.79. The van der Waals surface area contributed by atoms with Crippen molar-refractivity contribution >= 4 is 31.1 Å². The molecule has 5 nitrogen and oxygen atoms in total. The van der Waals surface area contributed by atoms with E-state index in [1.165, 1.54) is 11.3 Å². The average molecular weight is 250 g/mol. The summed E-state index contributed by atoms with van der Waals surface area (Å²) < 4.78 is 21.7. The van der Waals surface area contributed by atoms with Gasteiger partial charge in [-0.1, -0.05) is 6.07 Å². The molecule has 2 aromatic heterocycles. The highest BCUT2D eigenvalue weighted by Crippen LogP contribution is 2.21. The first-order valence-corrected chi connectivity index (χ1v) is 6.67. The summed E-state index contributed by atoms with van der Waals surface area (Å²) in [5.41, 5.74) is 0. The van der Waals surface area contributed by atoms with Gasteiger partial charge in [0, 0.05) is 10.7 Å². The molecule has 8 heteroatoms. The Balaban J connectivity index is 2.46. The second-order valence-corrected chi connectivity index (χ2v) is 5.81. The van der Waals surface area contributed by atoms with Crippen molar-refractivity contribution in [2.45, 2.75) is 5.16 Å². The van der Waals surface area contributed by atoms with E-state index >= 15 is 0 Å². The van der Waals surface area contributed by atoms with Crippen molar-refractivity contribution in [1.29, 1.82) is 0 Å². The zero-order valence-electron chi connectivity index (χ0n) is 6.64. The largest absolute Gasteiger partial charge is 0.296 e. The number of hydrogen-bond donors (Lipinski definition) is 1. The van der Waals surface area contributed by atoms with Gasteiger partial charge in [0.25, 0.3) is 14.2 Å². The summed E-state index contributed by atoms with van der Waals surface area (Å²) in [5, 5.41) is 7.51. The third-order valence-electron chi connectivity index (χ3n) is 1.44. The first-order valence-electron chi connectivity index (χ1n) is 3.48. The molecule has 2 aromatic rings. The van der Waals surface area contributed by atoms with Gasteiger partial charge in [-0.2, -0.15) is 10.1 Å². The molecule has 2 rings (SSSR count). The molecule has 0 spiro atoms. The smallest absolute Gasteiger partial charge is 0.248 e. The fourth-order valence-electron chi connectivity index (χ4n) is 0.872. The van der Waals surface area contributed by atoms with E-state index in [4.69, 9.17) is 10.7 Å². The Morgan fingerprint density at radius 1 is 1.50 bits per heavy atom. The van der Waals surface area contributed by atoms with Crippen molar-refractivity contribution in [1.82, 2.24) is 15.2 Å². The minimum Gasteiger partial charge on any atom is -0.248 e. The summed E-state index contributed by atoms with van der Waals surface area (Å²) in [4.78, 5) is 4.53. The Morgan fingerprint density at radius 2 is 2.29 bits per heavy atom. The van der Waals surface area contributed by atoms with Crippen LogP contribution in [0.3, 0.4) is 0 Å². The van der Waals surface area contributed by atoms with Crippen LogP contribution in [0.15, 0.2) is 22.7 Å². The molecule has 0 radical (unpaired) electrons. The Kier molecular flexibility index (Phi) is 2.30. The summed E-state index contributed by atoms with van der Waals surface area (Å²) >= 11 is 1.42. The topological polar surface area (TPSA) is 75.7 Å². The molecule has 74 valence electrons. The van der Waals surface area contributed by atoms with Crippen LogP contribution in [0, 0.1) is 0 Å². The van der Waals surface area contributed by atoms with E-state index in [-0.39, 0.29) is 5.16 Å². The predicted octanol–water partition coefficient (Wildman–Crippen LogP) is 1.46. The summed E-state index contributed by atoms with van der Waals surface area (Å²) in [7, 11) is 1.25. The first-order chi connectivity index (χ1) is 6.57. The van der Waals surface area contributed by atoms with Gasteiger partial charge in [0.05, 0.1) is 4.88 Å². The van der Waals surface area contributed by atoms with Gasteiger partial charge in [0.2, 0.25) is 0 Å². The van der Waals surface area contributed by atoms with Crippen molar-refractivity contribution in [3.8, 4) is 10.7 Å². The predicted molar refractivity (Wildman–Crippen MR) is 52.7 cm³/mol. The standard InChI is InChI=1S/C6H4ClN3O2S2/c7-14(11,12)6-8-5(9-10-6)4-2-1-3-13-4/h1-3H,(H,8,9,10). The van der Waals surface area contributed by atoms with Crippen LogP contribution in [-0.2, 0) is 9.05 Å². The molecule has 0 amide bonds. The number of halogens is 1. The molecule has 0 atom stereocenters. The van der Waals surface area contributed by atoms with Crippen molar-refractivity contribution in [2.75, 3.05) is 0 Å². The van der Waals surface area contributed by atoms with E-state index in [1.807, 2.05) is 11.4 Å². The maximum atomic E-state index is 10.9. The summed E-state index contributed by atoms with van der Waals surface area (Å²) in [6.07, 6.45) is 0. The number of thiophene rings is 1. The minimum atomic E-state index is -3.83. The monoisotopic (exact) mass is 249 g/mol. The highest BCUT2D eigenvalue weighted by molar-refractivity contribution is 8.13. The van der Waals surface area contributed by atoms with E-state index < -0.39 is 9.05 Å². The highest BCUT2D eigenvalue weighted by Gasteiger charge is 2.16. The normalized spacial score (nSPS) is 11.8. The van der Waals surface area contributed by atoms with E-state index in [1.54, 1.807) is 6.07 Å². The van der Waals surface area contributed by atoms with E-state index in [0.717, 1.165) is 4.88 Å². The molecule has 0 unspecified atom stereocenters. The van der Waals surface area contributed by atoms with Crippen LogP contribution < -0.4 is 0 Å². The lowest BCUT2D eigenvalue weighted by Crippen LogP contribution is -1.92. The summed E-state index contributed by atoms with van der Waals surface area (Å²) in [6.45, 7) is 0. The number of aromatic nitrogens is 3. The minimum absolute atomic E-state index is 0.331. The van der Waals surface area contributed by atoms with Crippen LogP contribution in [0.2, 0.25) is 0 Å². The maximum Gasteiger partial charge on any atom is 0.296 e. The van der Waals surface area contributed by atoms with Crippen LogP contribution in [-0.4, -0.2) is 23.6 Å². The second-order valence-electron chi connectivity index (χ2n) is 2.38. The Bertz CT molecular complexity index is 531. The highest BCUT2D eigenvalue weighted by atomic mass is 35.7. The lowest BCUT2D eigenvalue weighted by molar-refractivity contribution is 0.602. The molecule has 0 saturated carbocycles. The van der Waals surface area contributed by atoms with Gasteiger partial charge in [0.1, 0.15) is 0 Å². The molecule has 14 heavy (non-hydrogen) atoms. The zero-order valence-corrected chi connectivity index (χ0v) is 9.03. The van der Waals surface area contributed by atoms with Crippen LogP contribution in [0.25, 0.3) is 10.7 Å². The van der Waals surface area contributed by atoms with Gasteiger partial charge >= 0.3 is 0 Å². The van der Waals surface area contributed by atoms with Crippen molar-refractivity contribution in [2.24, 2.45) is 0 Å². The van der Waals surface area contributed by atoms with Crippen LogP contribution in [0.5, 0.6) is 0 Å². The molecule has 0 aliphatic carbocycles. The zero-order chi connectivity index (χ0) is 10.2. The number of nitrogens with zero attached hydrogens (tertiary/aromatic N) is 2. The lowest BCUT2D eigenvalue weighted by atomic mass is 10.4. The number of nitrogens with one attached hydrogen (secondary N) is 1. The van der Waals surface area contributed by atoms with Crippen molar-refractivity contribution in [3.05, 3.63) is 17.5 Å². The van der Waals surface area contributed by atoms with E-state index in [2.05, 4.69) is 15.2 Å². The number of hydrogen-bond acceptors (Lipinski definition) is 5. The van der Waals surface area contributed by atoms with E-state index in [0.29, 0.717) is 5.82 Å². The molecule has 0 aromatic carbocycles. The van der Waals surface area contributed by atoms with E-state index in [9.17, 15) is 8.42 Å². The molecular weight excluding hydrogens is 246 g/mol. The van der Waals surface area contributed by atoms with Gasteiger partial charge in [-0.25, -0.2) is 13.5 Å². The average Bonchev–Trinajstić information content (AvgIpc) is 2.73. The van der Waals surface area contributed by atoms with Crippen LogP contribution >= 0.6 is 22.0 Å². The van der Waals surface area contributed by atoms with Gasteiger partial charge in [-0.05, 0) is 11.4 Å². The Morgan fingerprint density at radius 3 is 2.79 bits per heavy atom. The van der Waals surface area contributed by atoms with Crippen LogP contribution in [0.1, 0.15) is 0 Å². The third-order valence-corrected chi connectivity index (χ3v) is 3.39. The summed E-state index contributed by atoms with van der Waals surface area (Å²) in [6, 6.07) is 3.61. The first kappa shape index (κ1) is 9.63. The molecule has 1 N–H and O–H groups in total. The number of rotatable bonds is 2. The van der Waals surface area contributed by atoms with Gasteiger partial charge in [-0.3, -0.25) is 0 Å². The number of H-pyrrole nitrogens is 1. The number of aromatic amines is 1. The summed E-state index contributed by atoms with van der Waals surface area (Å²) in [5.74, 6) is 0.333. The molecule has 0 aliphatic heterocycles. The second kappa shape index (κ2) is 3.34. The molecule has 0 fully saturated rings. The quantitative estimate of drug-likeness (QED) is 0.818. The van der Waals surface area contributed by atoms with Crippen molar-refractivity contribution in [3.63, 3.8) is 0 Å². The Labute approximate surface area is 88.2 Å². The SMILES string of the molecule is O=S(=O)(Cl)c1nc(-c2cccs2)n[nH]1. The van der Waals surface area contributed by atoms with Gasteiger partial charge in [-0.15, -0.1) is 11.3 Å². The molecule has 0 bridgehead atoms. The van der Waals surface area contributed by atoms with Gasteiger partial charge < -0.3 is 0 Å². The Hall–Kier alpha value is -0.920. The fourth-order valence-corrected chi connectivity index (χ4v) is 2.09. The van der Waals surface area contributed by atoms with Crippen LogP contribution in [0.4, 0.5) is 0 Å².